The van der Waals surface area contributed by atoms with E-state index in [0.29, 0.717) is 5.92 Å². The molecule has 2 aromatic carbocycles. The summed E-state index contributed by atoms with van der Waals surface area (Å²) in [5.41, 5.74) is 6.18. The van der Waals surface area contributed by atoms with E-state index in [1.54, 1.807) is 0 Å². The molecule has 2 fully saturated rings. The van der Waals surface area contributed by atoms with Crippen molar-refractivity contribution in [3.8, 4) is 11.1 Å². The third kappa shape index (κ3) is 4.22. The smallest absolute Gasteiger partial charge is 0.251 e. The summed E-state index contributed by atoms with van der Waals surface area (Å²) in [6.07, 6.45) is 6.82. The number of hydrogen-bond donors (Lipinski definition) is 0. The average Bonchev–Trinajstić information content (AvgIpc) is 3.35. The Morgan fingerprint density at radius 3 is 2.61 bits per heavy atom. The fourth-order valence-corrected chi connectivity index (χ4v) is 5.09. The number of likely N-dealkylation sites (tertiary alicyclic amines) is 1. The van der Waals surface area contributed by atoms with E-state index in [1.165, 1.54) is 27.6 Å². The maximum Gasteiger partial charge on any atom is 0.251 e. The highest BCUT2D eigenvalue weighted by Crippen LogP contribution is 2.30. The summed E-state index contributed by atoms with van der Waals surface area (Å²) in [5.74, 6) is 0.853. The second kappa shape index (κ2) is 8.80. The molecule has 3 aromatic rings. The number of nitrogens with zero attached hydrogens (tertiary/aromatic N) is 2. The highest BCUT2D eigenvalue weighted by atomic mass is 16.5. The normalized spacial score (nSPS) is 19.8. The Labute approximate surface area is 184 Å². The third-order valence-electron chi connectivity index (χ3n) is 6.95. The van der Waals surface area contributed by atoms with Gasteiger partial charge in [0.15, 0.2) is 0 Å². The number of carbonyl (C=O) groups excluding carboxylic acids is 1. The van der Waals surface area contributed by atoms with E-state index < -0.39 is 0 Å². The van der Waals surface area contributed by atoms with Gasteiger partial charge in [-0.2, -0.15) is 0 Å². The van der Waals surface area contributed by atoms with Crippen molar-refractivity contribution in [3.05, 3.63) is 65.9 Å². The summed E-state index contributed by atoms with van der Waals surface area (Å²) < 4.78 is 5.58. The van der Waals surface area contributed by atoms with Crippen molar-refractivity contribution < 1.29 is 9.53 Å². The van der Waals surface area contributed by atoms with Crippen LogP contribution in [-0.4, -0.2) is 41.6 Å². The quantitative estimate of drug-likeness (QED) is 0.591. The van der Waals surface area contributed by atoms with E-state index in [0.717, 1.165) is 57.3 Å². The second-order valence-corrected chi connectivity index (χ2v) is 8.98. The molecule has 0 radical (unpaired) electrons. The fourth-order valence-electron chi connectivity index (χ4n) is 5.09. The summed E-state index contributed by atoms with van der Waals surface area (Å²) in [5, 5.41) is 1.18. The van der Waals surface area contributed by atoms with E-state index in [4.69, 9.17) is 4.74 Å². The van der Waals surface area contributed by atoms with Crippen molar-refractivity contribution in [3.63, 3.8) is 0 Å². The zero-order valence-corrected chi connectivity index (χ0v) is 18.2. The van der Waals surface area contributed by atoms with E-state index in [-0.39, 0.29) is 12.0 Å². The van der Waals surface area contributed by atoms with E-state index in [2.05, 4.69) is 54.4 Å². The van der Waals surface area contributed by atoms with Crippen LogP contribution in [0, 0.1) is 12.8 Å². The van der Waals surface area contributed by atoms with Gasteiger partial charge in [-0.3, -0.25) is 9.78 Å². The minimum Gasteiger partial charge on any atom is -0.368 e. The van der Waals surface area contributed by atoms with Gasteiger partial charge in [0.25, 0.3) is 5.91 Å². The zero-order chi connectivity index (χ0) is 21.2. The second-order valence-electron chi connectivity index (χ2n) is 8.98. The predicted octanol–water partition coefficient (Wildman–Crippen LogP) is 5.17. The number of pyridine rings is 1. The molecule has 0 saturated carbocycles. The minimum absolute atomic E-state index is 0.183. The van der Waals surface area contributed by atoms with E-state index >= 15 is 0 Å². The number of aryl methyl sites for hydroxylation is 1. The van der Waals surface area contributed by atoms with E-state index in [1.807, 2.05) is 17.2 Å². The molecule has 2 aliphatic heterocycles. The lowest BCUT2D eigenvalue weighted by molar-refractivity contribution is -0.142. The monoisotopic (exact) mass is 414 g/mol. The molecule has 1 amide bonds. The standard InChI is InChI=1S/C27H30N2O2/c1-19-24(11-10-23-4-2-14-28-26(19)23)22-8-6-20(7-9-22)18-21-12-15-29(16-13-21)27(30)25-5-3-17-31-25/h2,4,6-11,14,21,25H,3,5,12-13,15-18H2,1H3/t25-/m1/s1. The van der Waals surface area contributed by atoms with Gasteiger partial charge in [-0.15, -0.1) is 0 Å². The van der Waals surface area contributed by atoms with Gasteiger partial charge in [-0.25, -0.2) is 0 Å². The molecule has 2 saturated heterocycles. The Kier molecular flexibility index (Phi) is 5.73. The van der Waals surface area contributed by atoms with Gasteiger partial charge in [0.2, 0.25) is 0 Å². The molecular formula is C27H30N2O2. The Morgan fingerprint density at radius 1 is 1.06 bits per heavy atom. The first-order valence-corrected chi connectivity index (χ1v) is 11.5. The van der Waals surface area contributed by atoms with Crippen LogP contribution in [0.4, 0.5) is 0 Å². The first-order chi connectivity index (χ1) is 15.2. The Hall–Kier alpha value is -2.72. The zero-order valence-electron chi connectivity index (χ0n) is 18.2. The van der Waals surface area contributed by atoms with Crippen LogP contribution in [0.5, 0.6) is 0 Å². The van der Waals surface area contributed by atoms with Gasteiger partial charge in [0.05, 0.1) is 5.52 Å². The van der Waals surface area contributed by atoms with Gasteiger partial charge >= 0.3 is 0 Å². The maximum absolute atomic E-state index is 12.5. The fraction of sp³-hybridized carbons (Fsp3) is 0.407. The molecule has 2 aliphatic rings. The summed E-state index contributed by atoms with van der Waals surface area (Å²) in [7, 11) is 0. The Bertz CT molecular complexity index is 1060. The molecular weight excluding hydrogens is 384 g/mol. The SMILES string of the molecule is Cc1c(-c2ccc(CC3CCN(C(=O)[C@H]4CCCO4)CC3)cc2)ccc2cccnc12. The van der Waals surface area contributed by atoms with Crippen LogP contribution in [-0.2, 0) is 16.0 Å². The van der Waals surface area contributed by atoms with Crippen LogP contribution in [0.25, 0.3) is 22.0 Å². The van der Waals surface area contributed by atoms with Crippen LogP contribution in [0.15, 0.2) is 54.7 Å². The molecule has 5 rings (SSSR count). The number of aromatic nitrogens is 1. The molecule has 0 bridgehead atoms. The van der Waals surface area contributed by atoms with Crippen LogP contribution in [0.1, 0.15) is 36.8 Å². The lowest BCUT2D eigenvalue weighted by atomic mass is 9.89. The largest absolute Gasteiger partial charge is 0.368 e. The highest BCUT2D eigenvalue weighted by molar-refractivity contribution is 5.88. The predicted molar refractivity (Wildman–Crippen MR) is 124 cm³/mol. The first-order valence-electron chi connectivity index (χ1n) is 11.5. The van der Waals surface area contributed by atoms with Gasteiger partial charge in [-0.05, 0) is 73.3 Å². The molecule has 0 aliphatic carbocycles. The van der Waals surface area contributed by atoms with Crippen molar-refractivity contribution in [1.29, 1.82) is 0 Å². The molecule has 0 spiro atoms. The van der Waals surface area contributed by atoms with E-state index in [9.17, 15) is 4.79 Å². The molecule has 4 heteroatoms. The average molecular weight is 415 g/mol. The minimum atomic E-state index is -0.183. The molecule has 1 atom stereocenters. The summed E-state index contributed by atoms with van der Waals surface area (Å²) in [4.78, 5) is 19.1. The Balaban J connectivity index is 1.21. The van der Waals surface area contributed by atoms with Crippen molar-refractivity contribution >= 4 is 16.8 Å². The number of ether oxygens (including phenoxy) is 1. The van der Waals surface area contributed by atoms with Gasteiger partial charge in [-0.1, -0.05) is 42.5 Å². The first kappa shape index (κ1) is 20.2. The number of fused-ring (bicyclic) bond motifs is 1. The molecule has 0 unspecified atom stereocenters. The van der Waals surface area contributed by atoms with Gasteiger partial charge in [0.1, 0.15) is 6.10 Å². The maximum atomic E-state index is 12.5. The van der Waals surface area contributed by atoms with Crippen molar-refractivity contribution in [2.75, 3.05) is 19.7 Å². The molecule has 0 N–H and O–H groups in total. The van der Waals surface area contributed by atoms with Gasteiger partial charge in [0, 0.05) is 31.3 Å². The van der Waals surface area contributed by atoms with Crippen LogP contribution in [0.3, 0.4) is 0 Å². The van der Waals surface area contributed by atoms with Crippen molar-refractivity contribution in [2.45, 2.75) is 45.1 Å². The number of piperidine rings is 1. The number of amides is 1. The number of carbonyl (C=O) groups is 1. The summed E-state index contributed by atoms with van der Waals surface area (Å²) >= 11 is 0. The third-order valence-corrected chi connectivity index (χ3v) is 6.95. The number of benzene rings is 2. The summed E-state index contributed by atoms with van der Waals surface area (Å²) in [6, 6.07) is 17.5. The number of rotatable bonds is 4. The van der Waals surface area contributed by atoms with Crippen molar-refractivity contribution in [2.24, 2.45) is 5.92 Å². The number of hydrogen-bond acceptors (Lipinski definition) is 3. The lowest BCUT2D eigenvalue weighted by Gasteiger charge is -2.33. The van der Waals surface area contributed by atoms with Crippen LogP contribution in [0.2, 0.25) is 0 Å². The lowest BCUT2D eigenvalue weighted by Crippen LogP contribution is -2.44. The highest BCUT2D eigenvalue weighted by Gasteiger charge is 2.30. The van der Waals surface area contributed by atoms with Crippen LogP contribution >= 0.6 is 0 Å². The molecule has 1 aromatic heterocycles. The topological polar surface area (TPSA) is 42.4 Å². The van der Waals surface area contributed by atoms with Crippen LogP contribution < -0.4 is 0 Å². The molecule has 160 valence electrons. The molecule has 4 nitrogen and oxygen atoms in total. The van der Waals surface area contributed by atoms with Gasteiger partial charge < -0.3 is 9.64 Å². The Morgan fingerprint density at radius 2 is 1.87 bits per heavy atom. The van der Waals surface area contributed by atoms with Crippen molar-refractivity contribution in [1.82, 2.24) is 9.88 Å². The molecule has 31 heavy (non-hydrogen) atoms. The molecule has 3 heterocycles. The summed E-state index contributed by atoms with van der Waals surface area (Å²) in [6.45, 7) is 4.62.